The number of rotatable bonds is 6. The Hall–Kier alpha value is -2.04. The zero-order chi connectivity index (χ0) is 13.2. The third-order valence-electron chi connectivity index (χ3n) is 2.18. The summed E-state index contributed by atoms with van der Waals surface area (Å²) in [5.74, 6) is -0.214. The van der Waals surface area contributed by atoms with Gasteiger partial charge in [-0.25, -0.2) is 4.79 Å². The molecule has 0 saturated heterocycles. The van der Waals surface area contributed by atoms with Crippen LogP contribution in [0.2, 0.25) is 0 Å². The van der Waals surface area contributed by atoms with Gasteiger partial charge >= 0.3 is 6.09 Å². The molecule has 0 aliphatic rings. The molecule has 0 bridgehead atoms. The van der Waals surface area contributed by atoms with Gasteiger partial charge in [-0.1, -0.05) is 37.3 Å². The molecule has 5 nitrogen and oxygen atoms in total. The van der Waals surface area contributed by atoms with Gasteiger partial charge in [-0.3, -0.25) is 4.79 Å². The van der Waals surface area contributed by atoms with Gasteiger partial charge in [0.1, 0.15) is 6.61 Å². The van der Waals surface area contributed by atoms with Crippen molar-refractivity contribution < 1.29 is 14.3 Å². The van der Waals surface area contributed by atoms with E-state index in [4.69, 9.17) is 4.74 Å². The number of hydrogen-bond acceptors (Lipinski definition) is 3. The fourth-order valence-electron chi connectivity index (χ4n) is 1.25. The van der Waals surface area contributed by atoms with E-state index < -0.39 is 6.09 Å². The average Bonchev–Trinajstić information content (AvgIpc) is 2.41. The molecule has 2 amide bonds. The lowest BCUT2D eigenvalue weighted by molar-refractivity contribution is -0.120. The van der Waals surface area contributed by atoms with E-state index in [0.717, 1.165) is 12.0 Å². The summed E-state index contributed by atoms with van der Waals surface area (Å²) in [5, 5.41) is 5.04. The maximum Gasteiger partial charge on any atom is 0.407 e. The summed E-state index contributed by atoms with van der Waals surface area (Å²) in [6.07, 6.45) is 0.273. The van der Waals surface area contributed by atoms with Crippen LogP contribution in [0, 0.1) is 0 Å². The molecular weight excluding hydrogens is 232 g/mol. The van der Waals surface area contributed by atoms with Gasteiger partial charge in [-0.15, -0.1) is 0 Å². The summed E-state index contributed by atoms with van der Waals surface area (Å²) in [4.78, 5) is 22.5. The highest BCUT2D eigenvalue weighted by atomic mass is 16.5. The summed E-state index contributed by atoms with van der Waals surface area (Å²) in [6.45, 7) is 2.71. The highest BCUT2D eigenvalue weighted by Gasteiger charge is 2.05. The molecule has 0 atom stereocenters. The molecule has 0 radical (unpaired) electrons. The van der Waals surface area contributed by atoms with E-state index in [0.29, 0.717) is 6.54 Å². The van der Waals surface area contributed by atoms with Gasteiger partial charge in [0, 0.05) is 6.54 Å². The van der Waals surface area contributed by atoms with Crippen LogP contribution in [0.5, 0.6) is 0 Å². The number of amides is 2. The van der Waals surface area contributed by atoms with Crippen LogP contribution in [0.1, 0.15) is 18.9 Å². The fourth-order valence-corrected chi connectivity index (χ4v) is 1.25. The molecule has 1 aromatic carbocycles. The monoisotopic (exact) mass is 250 g/mol. The van der Waals surface area contributed by atoms with Crippen molar-refractivity contribution in [1.29, 1.82) is 0 Å². The van der Waals surface area contributed by atoms with Gasteiger partial charge in [0.25, 0.3) is 0 Å². The summed E-state index contributed by atoms with van der Waals surface area (Å²) in [5.41, 5.74) is 0.906. The van der Waals surface area contributed by atoms with Gasteiger partial charge < -0.3 is 15.4 Å². The number of carbonyl (C=O) groups is 2. The van der Waals surface area contributed by atoms with Crippen molar-refractivity contribution in [2.75, 3.05) is 13.1 Å². The van der Waals surface area contributed by atoms with Crippen LogP contribution in [0.25, 0.3) is 0 Å². The van der Waals surface area contributed by atoms with Crippen LogP contribution in [-0.2, 0) is 16.1 Å². The Bertz CT molecular complexity index is 379. The molecule has 18 heavy (non-hydrogen) atoms. The summed E-state index contributed by atoms with van der Waals surface area (Å²) in [6, 6.07) is 9.35. The first-order valence-corrected chi connectivity index (χ1v) is 5.93. The van der Waals surface area contributed by atoms with Gasteiger partial charge in [0.05, 0.1) is 6.54 Å². The quantitative estimate of drug-likeness (QED) is 0.802. The predicted octanol–water partition coefficient (Wildman–Crippen LogP) is 1.44. The average molecular weight is 250 g/mol. The maximum atomic E-state index is 11.3. The van der Waals surface area contributed by atoms with Crippen LogP contribution in [-0.4, -0.2) is 25.1 Å². The Morgan fingerprint density at radius 1 is 1.17 bits per heavy atom. The first-order chi connectivity index (χ1) is 8.72. The van der Waals surface area contributed by atoms with Gasteiger partial charge in [-0.2, -0.15) is 0 Å². The Kier molecular flexibility index (Phi) is 6.32. The Balaban J connectivity index is 2.16. The smallest absolute Gasteiger partial charge is 0.407 e. The molecule has 98 valence electrons. The zero-order valence-corrected chi connectivity index (χ0v) is 10.4. The van der Waals surface area contributed by atoms with Crippen LogP contribution in [0.3, 0.4) is 0 Å². The second-order valence-corrected chi connectivity index (χ2v) is 3.77. The van der Waals surface area contributed by atoms with E-state index in [1.54, 1.807) is 0 Å². The molecule has 0 spiro atoms. The van der Waals surface area contributed by atoms with Crippen molar-refractivity contribution in [3.63, 3.8) is 0 Å². The van der Waals surface area contributed by atoms with E-state index in [2.05, 4.69) is 10.6 Å². The van der Waals surface area contributed by atoms with Crippen LogP contribution < -0.4 is 10.6 Å². The molecule has 0 unspecified atom stereocenters. The molecule has 0 fully saturated rings. The second-order valence-electron chi connectivity index (χ2n) is 3.77. The highest BCUT2D eigenvalue weighted by molar-refractivity contribution is 5.82. The molecule has 0 aromatic heterocycles. The van der Waals surface area contributed by atoms with Crippen molar-refractivity contribution in [3.05, 3.63) is 35.9 Å². The Morgan fingerprint density at radius 3 is 2.56 bits per heavy atom. The summed E-state index contributed by atoms with van der Waals surface area (Å²) >= 11 is 0. The van der Waals surface area contributed by atoms with Gasteiger partial charge in [0.15, 0.2) is 0 Å². The normalized spacial score (nSPS) is 9.61. The number of carbonyl (C=O) groups excluding carboxylic acids is 2. The lowest BCUT2D eigenvalue weighted by atomic mass is 10.2. The van der Waals surface area contributed by atoms with Crippen LogP contribution >= 0.6 is 0 Å². The molecule has 0 aliphatic heterocycles. The van der Waals surface area contributed by atoms with E-state index in [1.165, 1.54) is 0 Å². The largest absolute Gasteiger partial charge is 0.445 e. The minimum atomic E-state index is -0.592. The third-order valence-corrected chi connectivity index (χ3v) is 2.18. The number of benzene rings is 1. The fraction of sp³-hybridized carbons (Fsp3) is 0.385. The molecule has 2 N–H and O–H groups in total. The molecule has 1 aromatic rings. The standard InChI is InChI=1S/C13H18N2O3/c1-2-8-14-12(16)9-15-13(17)18-10-11-6-4-3-5-7-11/h3-7H,2,8-10H2,1H3,(H,14,16)(H,15,17). The minimum absolute atomic E-state index is 0.0619. The zero-order valence-electron chi connectivity index (χ0n) is 10.4. The number of nitrogens with one attached hydrogen (secondary N) is 2. The van der Waals surface area contributed by atoms with Gasteiger partial charge in [0.2, 0.25) is 5.91 Å². The van der Waals surface area contributed by atoms with Gasteiger partial charge in [-0.05, 0) is 12.0 Å². The van der Waals surface area contributed by atoms with Crippen LogP contribution in [0.15, 0.2) is 30.3 Å². The van der Waals surface area contributed by atoms with Crippen molar-refractivity contribution in [1.82, 2.24) is 10.6 Å². The predicted molar refractivity (Wildman–Crippen MR) is 67.9 cm³/mol. The molecular formula is C13H18N2O3. The maximum absolute atomic E-state index is 11.3. The molecule has 5 heteroatoms. The number of hydrogen-bond donors (Lipinski definition) is 2. The van der Waals surface area contributed by atoms with E-state index in [9.17, 15) is 9.59 Å². The van der Waals surface area contributed by atoms with E-state index in [-0.39, 0.29) is 19.1 Å². The Morgan fingerprint density at radius 2 is 1.89 bits per heavy atom. The lowest BCUT2D eigenvalue weighted by Gasteiger charge is -2.07. The van der Waals surface area contributed by atoms with Crippen molar-refractivity contribution in [2.24, 2.45) is 0 Å². The first kappa shape index (κ1) is 14.0. The second kappa shape index (κ2) is 8.11. The number of alkyl carbamates (subject to hydrolysis) is 1. The van der Waals surface area contributed by atoms with Crippen molar-refractivity contribution in [3.8, 4) is 0 Å². The number of ether oxygens (including phenoxy) is 1. The van der Waals surface area contributed by atoms with E-state index in [1.807, 2.05) is 37.3 Å². The molecule has 0 saturated carbocycles. The van der Waals surface area contributed by atoms with Crippen molar-refractivity contribution >= 4 is 12.0 Å². The Labute approximate surface area is 107 Å². The van der Waals surface area contributed by atoms with Crippen LogP contribution in [0.4, 0.5) is 4.79 Å². The summed E-state index contributed by atoms with van der Waals surface area (Å²) in [7, 11) is 0. The lowest BCUT2D eigenvalue weighted by Crippen LogP contribution is -2.37. The molecule has 1 rings (SSSR count). The third kappa shape index (κ3) is 5.89. The SMILES string of the molecule is CCCNC(=O)CNC(=O)OCc1ccccc1. The first-order valence-electron chi connectivity index (χ1n) is 5.93. The van der Waals surface area contributed by atoms with E-state index >= 15 is 0 Å². The summed E-state index contributed by atoms with van der Waals surface area (Å²) < 4.78 is 4.95. The minimum Gasteiger partial charge on any atom is -0.445 e. The topological polar surface area (TPSA) is 67.4 Å². The molecule has 0 aliphatic carbocycles. The molecule has 0 heterocycles. The van der Waals surface area contributed by atoms with Crippen molar-refractivity contribution in [2.45, 2.75) is 20.0 Å². The highest BCUT2D eigenvalue weighted by Crippen LogP contribution is 2.00.